The van der Waals surface area contributed by atoms with E-state index in [0.29, 0.717) is 18.2 Å². The lowest BCUT2D eigenvalue weighted by molar-refractivity contribution is -0.139. The molecule has 0 aliphatic rings. The van der Waals surface area contributed by atoms with Gasteiger partial charge in [0.15, 0.2) is 0 Å². The molecule has 0 heterocycles. The highest BCUT2D eigenvalue weighted by atomic mass is 32.2. The van der Waals surface area contributed by atoms with Crippen LogP contribution in [-0.4, -0.2) is 50.5 Å². The molecule has 2 aromatic rings. The van der Waals surface area contributed by atoms with Crippen molar-refractivity contribution >= 4 is 27.5 Å². The molecule has 0 bridgehead atoms. The van der Waals surface area contributed by atoms with Crippen LogP contribution in [0.3, 0.4) is 0 Å². The van der Waals surface area contributed by atoms with Crippen LogP contribution in [0.1, 0.15) is 50.3 Å². The molecule has 0 saturated carbocycles. The Hall–Kier alpha value is -2.87. The molecule has 1 atom stereocenters. The van der Waals surface area contributed by atoms with Gasteiger partial charge in [-0.3, -0.25) is 13.9 Å². The second kappa shape index (κ2) is 11.3. The van der Waals surface area contributed by atoms with E-state index in [1.807, 2.05) is 50.2 Å². The molecule has 0 fully saturated rings. The van der Waals surface area contributed by atoms with Crippen LogP contribution >= 0.6 is 0 Å². The SMILES string of the molecule is CCNC(=O)C(C)N(Cc1ccc(C)cc1)C(=O)CN(c1ccc(C(C)C)cc1)S(C)(=O)=O. The number of sulfonamides is 1. The van der Waals surface area contributed by atoms with Gasteiger partial charge in [-0.2, -0.15) is 0 Å². The van der Waals surface area contributed by atoms with Crippen molar-refractivity contribution in [1.29, 1.82) is 0 Å². The number of carbonyl (C=O) groups excluding carboxylic acids is 2. The predicted molar refractivity (Wildman–Crippen MR) is 133 cm³/mol. The molecule has 0 aliphatic carbocycles. The van der Waals surface area contributed by atoms with Crippen molar-refractivity contribution < 1.29 is 18.0 Å². The van der Waals surface area contributed by atoms with Crippen molar-refractivity contribution in [3.63, 3.8) is 0 Å². The largest absolute Gasteiger partial charge is 0.355 e. The van der Waals surface area contributed by atoms with Crippen molar-refractivity contribution in [2.45, 2.75) is 53.1 Å². The summed E-state index contributed by atoms with van der Waals surface area (Å²) < 4.78 is 26.3. The van der Waals surface area contributed by atoms with E-state index in [9.17, 15) is 18.0 Å². The number of benzene rings is 2. The number of hydrogen-bond acceptors (Lipinski definition) is 4. The molecular formula is C25H35N3O4S. The normalized spacial score (nSPS) is 12.3. The Balaban J connectivity index is 2.36. The van der Waals surface area contributed by atoms with Crippen molar-refractivity contribution in [3.05, 3.63) is 65.2 Å². The zero-order chi connectivity index (χ0) is 24.8. The van der Waals surface area contributed by atoms with Gasteiger partial charge in [-0.1, -0.05) is 55.8 Å². The van der Waals surface area contributed by atoms with Crippen molar-refractivity contribution in [1.82, 2.24) is 10.2 Å². The quantitative estimate of drug-likeness (QED) is 0.573. The Kier molecular flexibility index (Phi) is 9.05. The van der Waals surface area contributed by atoms with Gasteiger partial charge < -0.3 is 10.2 Å². The molecule has 180 valence electrons. The summed E-state index contributed by atoms with van der Waals surface area (Å²) in [5, 5.41) is 2.74. The Morgan fingerprint density at radius 2 is 1.55 bits per heavy atom. The summed E-state index contributed by atoms with van der Waals surface area (Å²) >= 11 is 0. The van der Waals surface area contributed by atoms with Crippen LogP contribution in [0.15, 0.2) is 48.5 Å². The third-order valence-corrected chi connectivity index (χ3v) is 6.66. The molecule has 0 aliphatic heterocycles. The van der Waals surface area contributed by atoms with Gasteiger partial charge in [0.2, 0.25) is 21.8 Å². The molecule has 0 radical (unpaired) electrons. The van der Waals surface area contributed by atoms with Gasteiger partial charge in [0, 0.05) is 13.1 Å². The first-order valence-corrected chi connectivity index (χ1v) is 13.0. The topological polar surface area (TPSA) is 86.8 Å². The number of amides is 2. The minimum atomic E-state index is -3.73. The summed E-state index contributed by atoms with van der Waals surface area (Å²) in [6.07, 6.45) is 1.08. The summed E-state index contributed by atoms with van der Waals surface area (Å²) in [7, 11) is -3.73. The number of anilines is 1. The predicted octanol–water partition coefficient (Wildman–Crippen LogP) is 3.44. The van der Waals surface area contributed by atoms with E-state index in [-0.39, 0.29) is 12.5 Å². The summed E-state index contributed by atoms with van der Waals surface area (Å²) in [6, 6.07) is 14.1. The van der Waals surface area contributed by atoms with E-state index in [0.717, 1.165) is 27.3 Å². The fourth-order valence-electron chi connectivity index (χ4n) is 3.43. The second-order valence-corrected chi connectivity index (χ2v) is 10.5. The van der Waals surface area contributed by atoms with Gasteiger partial charge in [0.25, 0.3) is 0 Å². The lowest BCUT2D eigenvalue weighted by Gasteiger charge is -2.31. The molecule has 2 rings (SSSR count). The average Bonchev–Trinajstić information content (AvgIpc) is 2.76. The molecule has 1 unspecified atom stereocenters. The second-order valence-electron chi connectivity index (χ2n) is 8.59. The Morgan fingerprint density at radius 3 is 2.03 bits per heavy atom. The van der Waals surface area contributed by atoms with Crippen LogP contribution < -0.4 is 9.62 Å². The molecule has 8 heteroatoms. The molecule has 33 heavy (non-hydrogen) atoms. The van der Waals surface area contributed by atoms with E-state index in [1.165, 1.54) is 4.90 Å². The van der Waals surface area contributed by atoms with Crippen molar-refractivity contribution in [2.24, 2.45) is 0 Å². The molecule has 2 aromatic carbocycles. The molecule has 7 nitrogen and oxygen atoms in total. The van der Waals surface area contributed by atoms with E-state index < -0.39 is 28.5 Å². The van der Waals surface area contributed by atoms with E-state index >= 15 is 0 Å². The van der Waals surface area contributed by atoms with Gasteiger partial charge >= 0.3 is 0 Å². The number of carbonyl (C=O) groups is 2. The zero-order valence-electron chi connectivity index (χ0n) is 20.3. The van der Waals surface area contributed by atoms with Gasteiger partial charge in [0.05, 0.1) is 11.9 Å². The van der Waals surface area contributed by atoms with Crippen LogP contribution in [0.4, 0.5) is 5.69 Å². The lowest BCUT2D eigenvalue weighted by Crippen LogP contribution is -2.51. The minimum Gasteiger partial charge on any atom is -0.355 e. The van der Waals surface area contributed by atoms with Crippen molar-refractivity contribution in [2.75, 3.05) is 23.7 Å². The average molecular weight is 474 g/mol. The number of hydrogen-bond donors (Lipinski definition) is 1. The first-order valence-electron chi connectivity index (χ1n) is 11.1. The third-order valence-electron chi connectivity index (χ3n) is 5.52. The van der Waals surface area contributed by atoms with Crippen molar-refractivity contribution in [3.8, 4) is 0 Å². The maximum Gasteiger partial charge on any atom is 0.244 e. The van der Waals surface area contributed by atoms with Crippen LogP contribution in [0.25, 0.3) is 0 Å². The van der Waals surface area contributed by atoms with Gasteiger partial charge in [-0.15, -0.1) is 0 Å². The number of nitrogens with zero attached hydrogens (tertiary/aromatic N) is 2. The smallest absolute Gasteiger partial charge is 0.244 e. The van der Waals surface area contributed by atoms with Gasteiger partial charge in [-0.25, -0.2) is 8.42 Å². The zero-order valence-corrected chi connectivity index (χ0v) is 21.1. The highest BCUT2D eigenvalue weighted by Crippen LogP contribution is 2.22. The maximum atomic E-state index is 13.4. The van der Waals surface area contributed by atoms with E-state index in [1.54, 1.807) is 19.1 Å². The third kappa shape index (κ3) is 7.32. The fourth-order valence-corrected chi connectivity index (χ4v) is 4.28. The monoisotopic (exact) mass is 473 g/mol. The number of likely N-dealkylation sites (N-methyl/N-ethyl adjacent to an activating group) is 1. The van der Waals surface area contributed by atoms with Gasteiger partial charge in [0.1, 0.15) is 12.6 Å². The van der Waals surface area contributed by atoms with Crippen LogP contribution in [0.5, 0.6) is 0 Å². The van der Waals surface area contributed by atoms with E-state index in [4.69, 9.17) is 0 Å². The molecule has 2 amide bonds. The summed E-state index contributed by atoms with van der Waals surface area (Å²) in [4.78, 5) is 27.4. The molecular weight excluding hydrogens is 438 g/mol. The van der Waals surface area contributed by atoms with E-state index in [2.05, 4.69) is 19.2 Å². The minimum absolute atomic E-state index is 0.196. The van der Waals surface area contributed by atoms with Crippen LogP contribution in [0, 0.1) is 6.92 Å². The summed E-state index contributed by atoms with van der Waals surface area (Å²) in [6.45, 7) is 9.78. The maximum absolute atomic E-state index is 13.4. The number of aryl methyl sites for hydroxylation is 1. The molecule has 0 spiro atoms. The standard InChI is InChI=1S/C25H35N3O4S/c1-7-26-25(30)20(5)27(16-21-10-8-19(4)9-11-21)24(29)17-28(33(6,31)32)23-14-12-22(13-15-23)18(2)3/h8-15,18,20H,7,16-17H2,1-6H3,(H,26,30). The van der Waals surface area contributed by atoms with Crippen LogP contribution in [-0.2, 0) is 26.2 Å². The van der Waals surface area contributed by atoms with Gasteiger partial charge in [-0.05, 0) is 49.9 Å². The molecule has 0 saturated heterocycles. The molecule has 1 N–H and O–H groups in total. The highest BCUT2D eigenvalue weighted by Gasteiger charge is 2.29. The first kappa shape index (κ1) is 26.4. The lowest BCUT2D eigenvalue weighted by atomic mass is 10.0. The molecule has 0 aromatic heterocycles. The first-order chi connectivity index (χ1) is 15.4. The van der Waals surface area contributed by atoms with Crippen LogP contribution in [0.2, 0.25) is 0 Å². The Bertz CT molecular complexity index is 1050. The number of rotatable bonds is 10. The Morgan fingerprint density at radius 1 is 0.970 bits per heavy atom. The highest BCUT2D eigenvalue weighted by molar-refractivity contribution is 7.92. The number of nitrogens with one attached hydrogen (secondary N) is 1. The summed E-state index contributed by atoms with van der Waals surface area (Å²) in [5.41, 5.74) is 3.43. The fraction of sp³-hybridized carbons (Fsp3) is 0.440. The Labute approximate surface area is 197 Å². The summed E-state index contributed by atoms with van der Waals surface area (Å²) in [5.74, 6) is -0.437.